The van der Waals surface area contributed by atoms with Gasteiger partial charge in [-0.05, 0) is 44.2 Å². The lowest BCUT2D eigenvalue weighted by molar-refractivity contribution is -0.0257. The molecule has 1 aliphatic carbocycles. The van der Waals surface area contributed by atoms with Crippen LogP contribution in [0.15, 0.2) is 0 Å². The number of piperidine rings is 1. The summed E-state index contributed by atoms with van der Waals surface area (Å²) in [4.78, 5) is 0. The van der Waals surface area contributed by atoms with E-state index in [-0.39, 0.29) is 18.6 Å². The summed E-state index contributed by atoms with van der Waals surface area (Å²) in [6.45, 7) is 2.43. The molecule has 2 aliphatic rings. The molecule has 2 atom stereocenters. The summed E-state index contributed by atoms with van der Waals surface area (Å²) < 4.78 is 0. The highest BCUT2D eigenvalue weighted by Crippen LogP contribution is 2.43. The van der Waals surface area contributed by atoms with Crippen molar-refractivity contribution in [3.05, 3.63) is 0 Å². The van der Waals surface area contributed by atoms with E-state index in [0.717, 1.165) is 25.9 Å². The number of nitrogens with one attached hydrogen (secondary N) is 1. The van der Waals surface area contributed by atoms with Crippen LogP contribution in [-0.2, 0) is 0 Å². The molecule has 0 aromatic heterocycles. The van der Waals surface area contributed by atoms with Crippen molar-refractivity contribution >= 4 is 0 Å². The molecule has 0 aromatic carbocycles. The van der Waals surface area contributed by atoms with E-state index in [1.54, 1.807) is 0 Å². The van der Waals surface area contributed by atoms with Crippen LogP contribution in [0.4, 0.5) is 0 Å². The zero-order valence-corrected chi connectivity index (χ0v) is 8.00. The maximum atomic E-state index is 9.32. The van der Waals surface area contributed by atoms with Crippen LogP contribution < -0.4 is 5.32 Å². The first kappa shape index (κ1) is 9.44. The summed E-state index contributed by atoms with van der Waals surface area (Å²) in [5, 5.41) is 22.0. The van der Waals surface area contributed by atoms with Gasteiger partial charge in [-0.25, -0.2) is 0 Å². The molecule has 2 bridgehead atoms. The minimum Gasteiger partial charge on any atom is -0.396 e. The van der Waals surface area contributed by atoms with E-state index in [2.05, 4.69) is 5.32 Å². The molecule has 1 saturated heterocycles. The molecule has 3 heteroatoms. The van der Waals surface area contributed by atoms with E-state index in [1.165, 1.54) is 6.42 Å². The minimum absolute atomic E-state index is 0.149. The largest absolute Gasteiger partial charge is 0.396 e. The van der Waals surface area contributed by atoms with Crippen LogP contribution in [0, 0.1) is 17.3 Å². The average Bonchev–Trinajstić information content (AvgIpc) is 2.17. The van der Waals surface area contributed by atoms with Gasteiger partial charge in [0.25, 0.3) is 0 Å². The summed E-state index contributed by atoms with van der Waals surface area (Å²) in [5.41, 5.74) is -0.171. The van der Waals surface area contributed by atoms with Gasteiger partial charge in [-0.15, -0.1) is 0 Å². The summed E-state index contributed by atoms with van der Waals surface area (Å²) >= 11 is 0. The van der Waals surface area contributed by atoms with Gasteiger partial charge in [0.05, 0.1) is 13.2 Å². The van der Waals surface area contributed by atoms with E-state index in [1.807, 2.05) is 0 Å². The number of aliphatic hydroxyl groups is 2. The zero-order valence-electron chi connectivity index (χ0n) is 8.00. The Morgan fingerprint density at radius 3 is 2.08 bits per heavy atom. The Kier molecular flexibility index (Phi) is 2.58. The number of fused-ring (bicyclic) bond motifs is 2. The molecule has 0 aromatic rings. The Labute approximate surface area is 79.2 Å². The summed E-state index contributed by atoms with van der Waals surface area (Å²) in [6.07, 6.45) is 3.27. The van der Waals surface area contributed by atoms with Crippen LogP contribution in [0.3, 0.4) is 0 Å². The summed E-state index contributed by atoms with van der Waals surface area (Å²) in [6, 6.07) is 0. The Hall–Kier alpha value is -0.120. The van der Waals surface area contributed by atoms with E-state index >= 15 is 0 Å². The van der Waals surface area contributed by atoms with Gasteiger partial charge in [-0.2, -0.15) is 0 Å². The fourth-order valence-corrected chi connectivity index (χ4v) is 3.06. The van der Waals surface area contributed by atoms with Gasteiger partial charge in [0.1, 0.15) is 0 Å². The number of aliphatic hydroxyl groups excluding tert-OH is 2. The molecule has 1 saturated carbocycles. The van der Waals surface area contributed by atoms with Crippen molar-refractivity contribution in [2.45, 2.75) is 19.3 Å². The Bertz CT molecular complexity index is 166. The lowest BCUT2D eigenvalue weighted by atomic mass is 9.64. The second kappa shape index (κ2) is 3.56. The maximum Gasteiger partial charge on any atom is 0.0509 e. The Balaban J connectivity index is 2.07. The molecule has 2 rings (SSSR count). The molecule has 0 radical (unpaired) electrons. The van der Waals surface area contributed by atoms with Gasteiger partial charge in [-0.3, -0.25) is 0 Å². The van der Waals surface area contributed by atoms with Gasteiger partial charge >= 0.3 is 0 Å². The third kappa shape index (κ3) is 1.73. The van der Waals surface area contributed by atoms with Gasteiger partial charge < -0.3 is 15.5 Å². The van der Waals surface area contributed by atoms with Crippen molar-refractivity contribution in [1.82, 2.24) is 5.32 Å². The highest BCUT2D eigenvalue weighted by molar-refractivity contribution is 4.93. The van der Waals surface area contributed by atoms with Crippen LogP contribution in [-0.4, -0.2) is 36.5 Å². The van der Waals surface area contributed by atoms with Crippen molar-refractivity contribution in [3.8, 4) is 0 Å². The fraction of sp³-hybridized carbons (Fsp3) is 1.00. The smallest absolute Gasteiger partial charge is 0.0509 e. The SMILES string of the molecule is OCC1(CO)CC2CNCC(C2)C1. The number of rotatable bonds is 2. The molecule has 76 valence electrons. The first-order chi connectivity index (χ1) is 6.28. The van der Waals surface area contributed by atoms with Crippen LogP contribution in [0.25, 0.3) is 0 Å². The quantitative estimate of drug-likeness (QED) is 0.566. The first-order valence-electron chi connectivity index (χ1n) is 5.20. The third-order valence-electron chi connectivity index (χ3n) is 3.65. The molecule has 1 heterocycles. The van der Waals surface area contributed by atoms with E-state index < -0.39 is 0 Å². The zero-order chi connectivity index (χ0) is 9.31. The molecule has 2 fully saturated rings. The first-order valence-corrected chi connectivity index (χ1v) is 5.20. The van der Waals surface area contributed by atoms with Crippen molar-refractivity contribution in [3.63, 3.8) is 0 Å². The van der Waals surface area contributed by atoms with Gasteiger partial charge in [0.15, 0.2) is 0 Å². The standard InChI is InChI=1S/C10H19NO2/c12-6-10(7-13)2-8-1-9(3-10)5-11-4-8/h8-9,11-13H,1-7H2. The Morgan fingerprint density at radius 1 is 1.08 bits per heavy atom. The maximum absolute atomic E-state index is 9.32. The number of hydrogen-bond donors (Lipinski definition) is 3. The van der Waals surface area contributed by atoms with Crippen molar-refractivity contribution < 1.29 is 10.2 Å². The molecular formula is C10H19NO2. The van der Waals surface area contributed by atoms with Crippen molar-refractivity contribution in [2.75, 3.05) is 26.3 Å². The van der Waals surface area contributed by atoms with E-state index in [9.17, 15) is 10.2 Å². The predicted molar refractivity (Wildman–Crippen MR) is 50.3 cm³/mol. The Morgan fingerprint density at radius 2 is 1.62 bits per heavy atom. The second-order valence-corrected chi connectivity index (χ2v) is 4.85. The highest BCUT2D eigenvalue weighted by atomic mass is 16.3. The molecule has 13 heavy (non-hydrogen) atoms. The van der Waals surface area contributed by atoms with Crippen LogP contribution in [0.1, 0.15) is 19.3 Å². The average molecular weight is 185 g/mol. The molecule has 0 spiro atoms. The predicted octanol–water partition coefficient (Wildman–Crippen LogP) is -0.0231. The number of hydrogen-bond acceptors (Lipinski definition) is 3. The topological polar surface area (TPSA) is 52.5 Å². The van der Waals surface area contributed by atoms with Gasteiger partial charge in [0, 0.05) is 5.41 Å². The third-order valence-corrected chi connectivity index (χ3v) is 3.65. The van der Waals surface area contributed by atoms with Crippen LogP contribution in [0.2, 0.25) is 0 Å². The molecular weight excluding hydrogens is 166 g/mol. The van der Waals surface area contributed by atoms with Crippen LogP contribution in [0.5, 0.6) is 0 Å². The van der Waals surface area contributed by atoms with Gasteiger partial charge in [-0.1, -0.05) is 0 Å². The fourth-order valence-electron chi connectivity index (χ4n) is 3.06. The second-order valence-electron chi connectivity index (χ2n) is 4.85. The highest BCUT2D eigenvalue weighted by Gasteiger charge is 2.41. The lowest BCUT2D eigenvalue weighted by Gasteiger charge is -2.45. The molecule has 1 aliphatic heterocycles. The monoisotopic (exact) mass is 185 g/mol. The van der Waals surface area contributed by atoms with E-state index in [4.69, 9.17) is 0 Å². The van der Waals surface area contributed by atoms with Crippen LogP contribution >= 0.6 is 0 Å². The minimum atomic E-state index is -0.171. The summed E-state index contributed by atoms with van der Waals surface area (Å²) in [7, 11) is 0. The molecule has 2 unspecified atom stereocenters. The lowest BCUT2D eigenvalue weighted by Crippen LogP contribution is -2.48. The van der Waals surface area contributed by atoms with E-state index in [0.29, 0.717) is 11.8 Å². The summed E-state index contributed by atoms with van der Waals surface area (Å²) in [5.74, 6) is 1.35. The normalized spacial score (nSPS) is 37.4. The molecule has 3 N–H and O–H groups in total. The van der Waals surface area contributed by atoms with Crippen molar-refractivity contribution in [2.24, 2.45) is 17.3 Å². The molecule has 0 amide bonds. The van der Waals surface area contributed by atoms with Gasteiger partial charge in [0.2, 0.25) is 0 Å². The molecule has 3 nitrogen and oxygen atoms in total. The van der Waals surface area contributed by atoms with Crippen molar-refractivity contribution in [1.29, 1.82) is 0 Å².